The molecule has 2 aliphatic heterocycles. The molecule has 32 heavy (non-hydrogen) atoms. The second-order valence-corrected chi connectivity index (χ2v) is 8.98. The van der Waals surface area contributed by atoms with Gasteiger partial charge in [-0.05, 0) is 34.4 Å². The Bertz CT molecular complexity index is 989. The number of para-hydroxylation sites is 2. The standard InChI is InChI=1S/C26H24Cl2O4/c27-23-5-1-3-19(11-21-15-29-21)25(23)31-13-17-7-9-18(10-8-17)14-32-26-20(12-22-16-30-22)4-2-6-24(26)28/h1-10,21-22H,11-16H2. The van der Waals surface area contributed by atoms with Crippen molar-refractivity contribution in [2.45, 2.75) is 38.3 Å². The van der Waals surface area contributed by atoms with Crippen LogP contribution in [0.4, 0.5) is 0 Å². The maximum atomic E-state index is 6.38. The molecule has 0 bridgehead atoms. The molecule has 0 aliphatic carbocycles. The van der Waals surface area contributed by atoms with E-state index in [2.05, 4.69) is 0 Å². The first-order chi connectivity index (χ1) is 15.7. The molecule has 166 valence electrons. The van der Waals surface area contributed by atoms with Gasteiger partial charge in [-0.1, -0.05) is 71.7 Å². The summed E-state index contributed by atoms with van der Waals surface area (Å²) in [7, 11) is 0. The number of epoxide rings is 2. The van der Waals surface area contributed by atoms with Crippen LogP contribution in [-0.2, 0) is 35.5 Å². The molecular weight excluding hydrogens is 447 g/mol. The van der Waals surface area contributed by atoms with E-state index < -0.39 is 0 Å². The van der Waals surface area contributed by atoms with Crippen LogP contribution in [0.5, 0.6) is 11.5 Å². The number of halogens is 2. The summed E-state index contributed by atoms with van der Waals surface area (Å²) in [4.78, 5) is 0. The summed E-state index contributed by atoms with van der Waals surface area (Å²) in [5.41, 5.74) is 4.28. The normalized spacial score (nSPS) is 18.9. The number of benzene rings is 3. The van der Waals surface area contributed by atoms with Crippen molar-refractivity contribution in [3.63, 3.8) is 0 Å². The third-order valence-electron chi connectivity index (χ3n) is 5.59. The Kier molecular flexibility index (Phi) is 6.56. The minimum Gasteiger partial charge on any atom is -0.487 e. The molecule has 3 aromatic rings. The zero-order valence-corrected chi connectivity index (χ0v) is 19.1. The zero-order valence-electron chi connectivity index (χ0n) is 17.6. The second-order valence-electron chi connectivity index (χ2n) is 8.17. The van der Waals surface area contributed by atoms with Crippen molar-refractivity contribution in [1.82, 2.24) is 0 Å². The van der Waals surface area contributed by atoms with Crippen LogP contribution in [0.15, 0.2) is 60.7 Å². The molecule has 0 radical (unpaired) electrons. The molecule has 4 nitrogen and oxygen atoms in total. The van der Waals surface area contributed by atoms with E-state index in [9.17, 15) is 0 Å². The first-order valence-electron chi connectivity index (χ1n) is 10.8. The Labute approximate surface area is 198 Å². The first kappa shape index (κ1) is 21.6. The van der Waals surface area contributed by atoms with Gasteiger partial charge in [0.05, 0.1) is 35.5 Å². The van der Waals surface area contributed by atoms with Gasteiger partial charge >= 0.3 is 0 Å². The zero-order chi connectivity index (χ0) is 21.9. The Morgan fingerprint density at radius 3 is 1.44 bits per heavy atom. The summed E-state index contributed by atoms with van der Waals surface area (Å²) in [6.07, 6.45) is 2.21. The van der Waals surface area contributed by atoms with Gasteiger partial charge in [0, 0.05) is 12.8 Å². The predicted octanol–water partition coefficient (Wildman–Crippen LogP) is 6.03. The van der Waals surface area contributed by atoms with E-state index in [1.54, 1.807) is 0 Å². The fourth-order valence-corrected chi connectivity index (χ4v) is 4.15. The maximum Gasteiger partial charge on any atom is 0.141 e. The van der Waals surface area contributed by atoms with Crippen LogP contribution >= 0.6 is 23.2 Å². The molecule has 2 atom stereocenters. The van der Waals surface area contributed by atoms with Crippen LogP contribution in [0.25, 0.3) is 0 Å². The summed E-state index contributed by atoms with van der Waals surface area (Å²) in [6.45, 7) is 2.50. The molecule has 0 N–H and O–H groups in total. The second kappa shape index (κ2) is 9.72. The highest BCUT2D eigenvalue weighted by Gasteiger charge is 2.25. The summed E-state index contributed by atoms with van der Waals surface area (Å²) >= 11 is 12.8. The van der Waals surface area contributed by atoms with Gasteiger partial charge in [0.15, 0.2) is 0 Å². The Morgan fingerprint density at radius 2 is 1.06 bits per heavy atom. The lowest BCUT2D eigenvalue weighted by atomic mass is 10.1. The topological polar surface area (TPSA) is 43.5 Å². The van der Waals surface area contributed by atoms with Crippen molar-refractivity contribution in [3.05, 3.63) is 93.0 Å². The molecule has 2 aliphatic rings. The quantitative estimate of drug-likeness (QED) is 0.339. The van der Waals surface area contributed by atoms with E-state index in [1.165, 1.54) is 0 Å². The average molecular weight is 471 g/mol. The average Bonchev–Trinajstić information content (AvgIpc) is 3.71. The van der Waals surface area contributed by atoms with E-state index in [0.717, 1.165) is 59.8 Å². The lowest BCUT2D eigenvalue weighted by Gasteiger charge is -2.14. The number of hydrogen-bond acceptors (Lipinski definition) is 4. The van der Waals surface area contributed by atoms with Crippen LogP contribution in [0.2, 0.25) is 10.0 Å². The lowest BCUT2D eigenvalue weighted by Crippen LogP contribution is -2.03. The van der Waals surface area contributed by atoms with E-state index in [0.29, 0.717) is 23.3 Å². The lowest BCUT2D eigenvalue weighted by molar-refractivity contribution is 0.298. The molecular formula is C26H24Cl2O4. The fraction of sp³-hybridized carbons (Fsp3) is 0.308. The first-order valence-corrected chi connectivity index (χ1v) is 11.5. The van der Waals surface area contributed by atoms with Crippen molar-refractivity contribution >= 4 is 23.2 Å². The highest BCUT2D eigenvalue weighted by molar-refractivity contribution is 6.32. The molecule has 3 aromatic carbocycles. The minimum atomic E-state index is 0.283. The largest absolute Gasteiger partial charge is 0.487 e. The Morgan fingerprint density at radius 1 is 0.656 bits per heavy atom. The maximum absolute atomic E-state index is 6.38. The van der Waals surface area contributed by atoms with Crippen LogP contribution in [0, 0.1) is 0 Å². The third kappa shape index (κ3) is 5.57. The van der Waals surface area contributed by atoms with Gasteiger partial charge in [-0.2, -0.15) is 0 Å². The summed E-state index contributed by atoms with van der Waals surface area (Å²) in [5.74, 6) is 1.48. The summed E-state index contributed by atoms with van der Waals surface area (Å²) in [6, 6.07) is 19.9. The van der Waals surface area contributed by atoms with Crippen LogP contribution < -0.4 is 9.47 Å². The monoisotopic (exact) mass is 470 g/mol. The fourth-order valence-electron chi connectivity index (χ4n) is 3.66. The highest BCUT2D eigenvalue weighted by Crippen LogP contribution is 2.33. The van der Waals surface area contributed by atoms with Crippen molar-refractivity contribution in [3.8, 4) is 11.5 Å². The number of rotatable bonds is 10. The van der Waals surface area contributed by atoms with Gasteiger partial charge in [0.25, 0.3) is 0 Å². The van der Waals surface area contributed by atoms with Crippen molar-refractivity contribution in [2.24, 2.45) is 0 Å². The van der Waals surface area contributed by atoms with Crippen molar-refractivity contribution < 1.29 is 18.9 Å². The van der Waals surface area contributed by atoms with Crippen LogP contribution in [0.1, 0.15) is 22.3 Å². The number of ether oxygens (including phenoxy) is 4. The van der Waals surface area contributed by atoms with E-state index >= 15 is 0 Å². The molecule has 6 heteroatoms. The van der Waals surface area contributed by atoms with E-state index in [-0.39, 0.29) is 12.2 Å². The SMILES string of the molecule is Clc1cccc(CC2CO2)c1OCc1ccc(COc2c(Cl)cccc2CC2CO2)cc1. The van der Waals surface area contributed by atoms with Crippen molar-refractivity contribution in [2.75, 3.05) is 13.2 Å². The summed E-state index contributed by atoms with van der Waals surface area (Å²) in [5, 5.41) is 1.25. The predicted molar refractivity (Wildman–Crippen MR) is 125 cm³/mol. The van der Waals surface area contributed by atoms with Crippen LogP contribution in [0.3, 0.4) is 0 Å². The Hall–Kier alpha value is -2.24. The molecule has 0 spiro atoms. The smallest absolute Gasteiger partial charge is 0.141 e. The van der Waals surface area contributed by atoms with Gasteiger partial charge < -0.3 is 18.9 Å². The van der Waals surface area contributed by atoms with Gasteiger partial charge in [0.2, 0.25) is 0 Å². The molecule has 0 amide bonds. The van der Waals surface area contributed by atoms with E-state index in [1.807, 2.05) is 60.7 Å². The third-order valence-corrected chi connectivity index (χ3v) is 6.18. The van der Waals surface area contributed by atoms with E-state index in [4.69, 9.17) is 42.1 Å². The van der Waals surface area contributed by atoms with Crippen LogP contribution in [-0.4, -0.2) is 25.4 Å². The van der Waals surface area contributed by atoms with Gasteiger partial charge in [-0.25, -0.2) is 0 Å². The molecule has 2 unspecified atom stereocenters. The molecule has 2 saturated heterocycles. The summed E-state index contributed by atoms with van der Waals surface area (Å²) < 4.78 is 22.9. The van der Waals surface area contributed by atoms with Gasteiger partial charge in [-0.3, -0.25) is 0 Å². The molecule has 0 saturated carbocycles. The molecule has 2 fully saturated rings. The highest BCUT2D eigenvalue weighted by atomic mass is 35.5. The number of hydrogen-bond donors (Lipinski definition) is 0. The molecule has 2 heterocycles. The van der Waals surface area contributed by atoms with Gasteiger partial charge in [0.1, 0.15) is 24.7 Å². The minimum absolute atomic E-state index is 0.283. The Balaban J connectivity index is 1.20. The van der Waals surface area contributed by atoms with Crippen molar-refractivity contribution in [1.29, 1.82) is 0 Å². The van der Waals surface area contributed by atoms with Gasteiger partial charge in [-0.15, -0.1) is 0 Å². The molecule has 0 aromatic heterocycles. The molecule has 5 rings (SSSR count).